The average Bonchev–Trinajstić information content (AvgIpc) is 3.29. The molecule has 67 heavy (non-hydrogen) atoms. The van der Waals surface area contributed by atoms with Crippen molar-refractivity contribution in [2.75, 3.05) is 40.9 Å². The number of unbranched alkanes of at least 4 members (excludes halogenated alkanes) is 42. The van der Waals surface area contributed by atoms with E-state index in [2.05, 4.69) is 19.2 Å². The van der Waals surface area contributed by atoms with Crippen molar-refractivity contribution in [1.29, 1.82) is 0 Å². The molecule has 0 bridgehead atoms. The van der Waals surface area contributed by atoms with Crippen molar-refractivity contribution in [3.8, 4) is 0 Å². The summed E-state index contributed by atoms with van der Waals surface area (Å²) in [5, 5.41) is 14.0. The number of nitrogens with one attached hydrogen (secondary N) is 1. The van der Waals surface area contributed by atoms with Gasteiger partial charge in [0.2, 0.25) is 5.91 Å². The van der Waals surface area contributed by atoms with Crippen molar-refractivity contribution >= 4 is 13.7 Å². The lowest BCUT2D eigenvalue weighted by Gasteiger charge is -2.25. The summed E-state index contributed by atoms with van der Waals surface area (Å²) in [5.41, 5.74) is 0. The van der Waals surface area contributed by atoms with Gasteiger partial charge >= 0.3 is 7.82 Å². The van der Waals surface area contributed by atoms with Crippen LogP contribution in [0.4, 0.5) is 0 Å². The maximum absolute atomic E-state index is 13.0. The minimum absolute atomic E-state index is 0.0653. The molecule has 0 rings (SSSR count). The molecule has 0 aliphatic rings. The van der Waals surface area contributed by atoms with E-state index in [-0.39, 0.29) is 19.1 Å². The normalized spacial score (nSPS) is 14.0. The standard InChI is InChI=1S/C58H117N2O6P/c1-6-8-10-12-14-16-18-20-22-24-26-28-29-30-32-33-35-37-39-41-43-45-47-49-51-57(61)56(55-66-67(63,64)65-54-53-60(3,4)5)59-58(62)52-50-48-46-44-42-40-38-36-34-31-27-25-23-21-19-17-15-13-11-9-7-2/h49,51,56-57,61H,6-48,50,52-55H2,1-5H3,(H-,59,62,63,64)/p+1/b51-49+. The van der Waals surface area contributed by atoms with Crippen LogP contribution in [0.5, 0.6) is 0 Å². The quantitative estimate of drug-likeness (QED) is 0.0243. The molecule has 0 aromatic heterocycles. The lowest BCUT2D eigenvalue weighted by molar-refractivity contribution is -0.870. The summed E-state index contributed by atoms with van der Waals surface area (Å²) >= 11 is 0. The molecule has 0 spiro atoms. The van der Waals surface area contributed by atoms with Crippen molar-refractivity contribution in [2.24, 2.45) is 0 Å². The first-order valence-electron chi connectivity index (χ1n) is 29.6. The van der Waals surface area contributed by atoms with E-state index in [0.717, 1.165) is 32.1 Å². The van der Waals surface area contributed by atoms with Crippen LogP contribution in [0.1, 0.15) is 303 Å². The largest absolute Gasteiger partial charge is 0.472 e. The summed E-state index contributed by atoms with van der Waals surface area (Å²) in [7, 11) is 1.59. The molecular formula is C58H118N2O6P+. The minimum atomic E-state index is -4.34. The van der Waals surface area contributed by atoms with Crippen molar-refractivity contribution < 1.29 is 32.9 Å². The highest BCUT2D eigenvalue weighted by Gasteiger charge is 2.27. The van der Waals surface area contributed by atoms with Crippen LogP contribution in [0, 0.1) is 0 Å². The van der Waals surface area contributed by atoms with Crippen LogP contribution < -0.4 is 5.32 Å². The van der Waals surface area contributed by atoms with Gasteiger partial charge in [0.05, 0.1) is 39.9 Å². The minimum Gasteiger partial charge on any atom is -0.387 e. The number of hydrogen-bond acceptors (Lipinski definition) is 5. The number of aliphatic hydroxyl groups excluding tert-OH is 1. The molecule has 0 heterocycles. The van der Waals surface area contributed by atoms with E-state index in [0.29, 0.717) is 17.4 Å². The summed E-state index contributed by atoms with van der Waals surface area (Å²) in [6, 6.07) is -0.842. The van der Waals surface area contributed by atoms with Crippen molar-refractivity contribution in [3.05, 3.63) is 12.2 Å². The number of likely N-dealkylation sites (N-methyl/N-ethyl adjacent to an activating group) is 1. The molecule has 3 atom stereocenters. The summed E-state index contributed by atoms with van der Waals surface area (Å²) < 4.78 is 23.7. The summed E-state index contributed by atoms with van der Waals surface area (Å²) in [5.74, 6) is -0.169. The molecule has 0 radical (unpaired) electrons. The number of allylic oxidation sites excluding steroid dienone is 1. The number of amides is 1. The number of carbonyl (C=O) groups is 1. The average molecular weight is 971 g/mol. The highest BCUT2D eigenvalue weighted by molar-refractivity contribution is 7.47. The molecule has 0 saturated heterocycles. The SMILES string of the molecule is CCCCCCCCCCCCCCCCCCCCCCCC/C=C/C(O)C(COP(=O)(O)OCC[N+](C)(C)C)NC(=O)CCCCCCCCCCCCCCCCCCCCCCC. The van der Waals surface area contributed by atoms with Crippen molar-refractivity contribution in [2.45, 2.75) is 315 Å². The Bertz CT molecular complexity index is 1100. The van der Waals surface area contributed by atoms with Crippen LogP contribution in [0.25, 0.3) is 0 Å². The number of phosphoric ester groups is 1. The molecule has 0 aromatic carbocycles. The number of quaternary nitrogens is 1. The zero-order chi connectivity index (χ0) is 49.2. The Morgan fingerprint density at radius 3 is 1.10 bits per heavy atom. The van der Waals surface area contributed by atoms with Gasteiger partial charge < -0.3 is 19.8 Å². The Labute approximate surface area is 418 Å². The van der Waals surface area contributed by atoms with E-state index >= 15 is 0 Å². The van der Waals surface area contributed by atoms with Crippen molar-refractivity contribution in [1.82, 2.24) is 5.32 Å². The van der Waals surface area contributed by atoms with Gasteiger partial charge in [0.1, 0.15) is 13.2 Å². The smallest absolute Gasteiger partial charge is 0.387 e. The Hall–Kier alpha value is -0.760. The zero-order valence-corrected chi connectivity index (χ0v) is 46.6. The third-order valence-corrected chi connectivity index (χ3v) is 14.7. The van der Waals surface area contributed by atoms with Gasteiger partial charge in [-0.15, -0.1) is 0 Å². The second-order valence-electron chi connectivity index (χ2n) is 21.7. The molecule has 400 valence electrons. The van der Waals surface area contributed by atoms with Gasteiger partial charge in [-0.2, -0.15) is 0 Å². The molecule has 0 aliphatic heterocycles. The molecule has 9 heteroatoms. The number of phosphoric acid groups is 1. The molecule has 8 nitrogen and oxygen atoms in total. The number of rotatable bonds is 55. The van der Waals surface area contributed by atoms with Gasteiger partial charge in [-0.3, -0.25) is 13.8 Å². The predicted molar refractivity (Wildman–Crippen MR) is 291 cm³/mol. The number of carbonyl (C=O) groups excluding carboxylic acids is 1. The molecule has 1 amide bonds. The van der Waals surface area contributed by atoms with Gasteiger partial charge in [-0.05, 0) is 19.3 Å². The van der Waals surface area contributed by atoms with Crippen LogP contribution in [-0.4, -0.2) is 73.4 Å². The fourth-order valence-corrected chi connectivity index (χ4v) is 9.84. The van der Waals surface area contributed by atoms with E-state index in [1.165, 1.54) is 250 Å². The van der Waals surface area contributed by atoms with Crippen LogP contribution in [0.15, 0.2) is 12.2 Å². The van der Waals surface area contributed by atoms with Gasteiger partial charge in [-0.1, -0.05) is 289 Å². The number of nitrogens with zero attached hydrogens (tertiary/aromatic N) is 1. The molecule has 0 aromatic rings. The molecule has 3 unspecified atom stereocenters. The first-order valence-corrected chi connectivity index (χ1v) is 31.1. The van der Waals surface area contributed by atoms with Crippen LogP contribution in [-0.2, 0) is 18.4 Å². The van der Waals surface area contributed by atoms with E-state index in [1.807, 2.05) is 27.2 Å². The molecule has 3 N–H and O–H groups in total. The van der Waals surface area contributed by atoms with E-state index in [9.17, 15) is 19.4 Å². The third kappa shape index (κ3) is 52.9. The molecular weight excluding hydrogens is 852 g/mol. The second-order valence-corrected chi connectivity index (χ2v) is 23.2. The van der Waals surface area contributed by atoms with Crippen LogP contribution >= 0.6 is 7.82 Å². The van der Waals surface area contributed by atoms with Crippen molar-refractivity contribution in [3.63, 3.8) is 0 Å². The first kappa shape index (κ1) is 66.2. The molecule has 0 saturated carbocycles. The predicted octanol–water partition coefficient (Wildman–Crippen LogP) is 17.8. The van der Waals surface area contributed by atoms with Gasteiger partial charge in [0.25, 0.3) is 0 Å². The Balaban J connectivity index is 4.17. The summed E-state index contributed by atoms with van der Waals surface area (Å²) in [6.45, 7) is 4.87. The Morgan fingerprint density at radius 1 is 0.493 bits per heavy atom. The molecule has 0 aliphatic carbocycles. The van der Waals surface area contributed by atoms with Gasteiger partial charge in [0, 0.05) is 6.42 Å². The highest BCUT2D eigenvalue weighted by Crippen LogP contribution is 2.43. The first-order chi connectivity index (χ1) is 32.5. The summed E-state index contributed by atoms with van der Waals surface area (Å²) in [4.78, 5) is 23.3. The van der Waals surface area contributed by atoms with E-state index in [4.69, 9.17) is 9.05 Å². The molecule has 0 fully saturated rings. The lowest BCUT2D eigenvalue weighted by atomic mass is 10.0. The third-order valence-electron chi connectivity index (χ3n) is 13.8. The summed E-state index contributed by atoms with van der Waals surface area (Å²) in [6.07, 6.45) is 61.7. The van der Waals surface area contributed by atoms with Crippen LogP contribution in [0.2, 0.25) is 0 Å². The maximum atomic E-state index is 13.0. The lowest BCUT2D eigenvalue weighted by Crippen LogP contribution is -2.45. The zero-order valence-electron chi connectivity index (χ0n) is 45.7. The van der Waals surface area contributed by atoms with E-state index in [1.54, 1.807) is 6.08 Å². The number of hydrogen-bond donors (Lipinski definition) is 3. The van der Waals surface area contributed by atoms with Gasteiger partial charge in [-0.25, -0.2) is 4.57 Å². The number of aliphatic hydroxyl groups is 1. The van der Waals surface area contributed by atoms with Gasteiger partial charge in [0.15, 0.2) is 0 Å². The fourth-order valence-electron chi connectivity index (χ4n) is 9.10. The Kier molecular flexibility index (Phi) is 49.6. The fraction of sp³-hybridized carbons (Fsp3) is 0.948. The monoisotopic (exact) mass is 970 g/mol. The van der Waals surface area contributed by atoms with E-state index < -0.39 is 20.0 Å². The Morgan fingerprint density at radius 2 is 0.791 bits per heavy atom. The topological polar surface area (TPSA) is 105 Å². The maximum Gasteiger partial charge on any atom is 0.472 e. The van der Waals surface area contributed by atoms with Crippen LogP contribution in [0.3, 0.4) is 0 Å². The second kappa shape index (κ2) is 50.2. The highest BCUT2D eigenvalue weighted by atomic mass is 31.2.